The maximum atomic E-state index is 11.7. The number of nitrogens with one attached hydrogen (secondary N) is 1. The lowest BCUT2D eigenvalue weighted by molar-refractivity contribution is -0.0367. The Bertz CT molecular complexity index is 528. The van der Waals surface area contributed by atoms with Gasteiger partial charge in [-0.1, -0.05) is 0 Å². The Morgan fingerprint density at radius 2 is 2.17 bits per heavy atom. The third kappa shape index (κ3) is 2.51. The van der Waals surface area contributed by atoms with Gasteiger partial charge >= 0.3 is 5.69 Å². The first-order valence-corrected chi connectivity index (χ1v) is 6.52. The molecule has 0 aromatic carbocycles. The van der Waals surface area contributed by atoms with Gasteiger partial charge in [-0.2, -0.15) is 0 Å². The monoisotopic (exact) mass is 368 g/mol. The molecule has 2 rings (SSSR count). The average molecular weight is 368 g/mol. The van der Waals surface area contributed by atoms with Gasteiger partial charge in [-0.25, -0.2) is 4.79 Å². The normalized spacial score (nSPS) is 27.6. The zero-order valence-corrected chi connectivity index (χ0v) is 11.5. The Kier molecular flexibility index (Phi) is 4.20. The summed E-state index contributed by atoms with van der Waals surface area (Å²) >= 11 is 1.82. The molecule has 2 heterocycles. The van der Waals surface area contributed by atoms with Crippen LogP contribution in [0, 0.1) is 9.49 Å². The van der Waals surface area contributed by atoms with Crippen LogP contribution in [0.4, 0.5) is 0 Å². The maximum absolute atomic E-state index is 11.7. The van der Waals surface area contributed by atoms with E-state index in [1.807, 2.05) is 22.6 Å². The number of aromatic nitrogens is 2. The SMILES string of the molecule is O=c1[nH]c(=O)n(C2CC(CO)C(CO)O2)cc1I. The van der Waals surface area contributed by atoms with Gasteiger partial charge in [-0.05, 0) is 22.6 Å². The van der Waals surface area contributed by atoms with E-state index < -0.39 is 23.6 Å². The van der Waals surface area contributed by atoms with Crippen molar-refractivity contribution in [3.63, 3.8) is 0 Å². The zero-order chi connectivity index (χ0) is 13.3. The highest BCUT2D eigenvalue weighted by atomic mass is 127. The third-order valence-electron chi connectivity index (χ3n) is 3.01. The number of hydrogen-bond acceptors (Lipinski definition) is 5. The van der Waals surface area contributed by atoms with Crippen molar-refractivity contribution < 1.29 is 14.9 Å². The van der Waals surface area contributed by atoms with E-state index in [1.165, 1.54) is 10.8 Å². The zero-order valence-electron chi connectivity index (χ0n) is 9.38. The van der Waals surface area contributed by atoms with Crippen LogP contribution >= 0.6 is 22.6 Å². The van der Waals surface area contributed by atoms with Crippen molar-refractivity contribution in [3.05, 3.63) is 30.6 Å². The average Bonchev–Trinajstić information content (AvgIpc) is 2.76. The molecule has 18 heavy (non-hydrogen) atoms. The van der Waals surface area contributed by atoms with Crippen LogP contribution in [0.5, 0.6) is 0 Å². The molecule has 0 bridgehead atoms. The molecular weight excluding hydrogens is 355 g/mol. The topological polar surface area (TPSA) is 105 Å². The van der Waals surface area contributed by atoms with E-state index in [1.54, 1.807) is 0 Å². The lowest BCUT2D eigenvalue weighted by atomic mass is 10.0. The fourth-order valence-electron chi connectivity index (χ4n) is 2.02. The van der Waals surface area contributed by atoms with Gasteiger partial charge in [-0.3, -0.25) is 14.3 Å². The highest BCUT2D eigenvalue weighted by Crippen LogP contribution is 2.31. The second-order valence-corrected chi connectivity index (χ2v) is 5.30. The molecule has 3 unspecified atom stereocenters. The standard InChI is InChI=1S/C10H13IN2O5/c11-6-2-13(10(17)12-9(6)16)8-1-5(3-14)7(4-15)18-8/h2,5,7-8,14-15H,1,3-4H2,(H,12,16,17). The molecule has 0 radical (unpaired) electrons. The van der Waals surface area contributed by atoms with E-state index in [2.05, 4.69) is 4.98 Å². The number of rotatable bonds is 3. The van der Waals surface area contributed by atoms with Crippen molar-refractivity contribution in [1.82, 2.24) is 9.55 Å². The second-order valence-electron chi connectivity index (χ2n) is 4.13. The fourth-order valence-corrected chi connectivity index (χ4v) is 2.45. The van der Waals surface area contributed by atoms with Gasteiger partial charge in [0.2, 0.25) is 0 Å². The first-order chi connectivity index (χ1) is 8.56. The first-order valence-electron chi connectivity index (χ1n) is 5.45. The summed E-state index contributed by atoms with van der Waals surface area (Å²) in [7, 11) is 0. The van der Waals surface area contributed by atoms with E-state index in [0.29, 0.717) is 9.99 Å². The van der Waals surface area contributed by atoms with Crippen LogP contribution in [0.2, 0.25) is 0 Å². The summed E-state index contributed by atoms with van der Waals surface area (Å²) in [6, 6.07) is 0. The molecule has 1 aliphatic rings. The molecule has 1 aromatic heterocycles. The molecule has 3 N–H and O–H groups in total. The van der Waals surface area contributed by atoms with Crippen molar-refractivity contribution in [2.45, 2.75) is 18.8 Å². The van der Waals surface area contributed by atoms with Crippen molar-refractivity contribution in [1.29, 1.82) is 0 Å². The quantitative estimate of drug-likeness (QED) is 0.596. The molecule has 1 fully saturated rings. The molecule has 7 nitrogen and oxygen atoms in total. The maximum Gasteiger partial charge on any atom is 0.330 e. The van der Waals surface area contributed by atoms with Gasteiger partial charge in [-0.15, -0.1) is 0 Å². The minimum Gasteiger partial charge on any atom is -0.396 e. The van der Waals surface area contributed by atoms with Crippen molar-refractivity contribution in [3.8, 4) is 0 Å². The van der Waals surface area contributed by atoms with E-state index in [-0.39, 0.29) is 19.1 Å². The van der Waals surface area contributed by atoms with Crippen LogP contribution in [0.25, 0.3) is 0 Å². The Morgan fingerprint density at radius 3 is 2.72 bits per heavy atom. The molecule has 1 aromatic rings. The van der Waals surface area contributed by atoms with Crippen LogP contribution in [0.1, 0.15) is 12.6 Å². The number of aliphatic hydroxyl groups excluding tert-OH is 2. The number of nitrogens with zero attached hydrogens (tertiary/aromatic N) is 1. The summed E-state index contributed by atoms with van der Waals surface area (Å²) in [6.07, 6.45) is 0.776. The number of aliphatic hydroxyl groups is 2. The highest BCUT2D eigenvalue weighted by Gasteiger charge is 2.35. The smallest absolute Gasteiger partial charge is 0.330 e. The summed E-state index contributed by atoms with van der Waals surface area (Å²) in [5.74, 6) is -0.212. The molecule has 0 spiro atoms. The molecule has 3 atom stereocenters. The predicted octanol–water partition coefficient (Wildman–Crippen LogP) is -0.970. The van der Waals surface area contributed by atoms with Crippen molar-refractivity contribution >= 4 is 22.6 Å². The second kappa shape index (κ2) is 5.51. The van der Waals surface area contributed by atoms with E-state index in [0.717, 1.165) is 0 Å². The summed E-state index contributed by atoms with van der Waals surface area (Å²) in [4.78, 5) is 25.1. The Hall–Kier alpha value is -0.710. The Morgan fingerprint density at radius 1 is 1.44 bits per heavy atom. The van der Waals surface area contributed by atoms with Crippen LogP contribution in [0.15, 0.2) is 15.8 Å². The summed E-state index contributed by atoms with van der Waals surface area (Å²) < 4.78 is 7.16. The molecule has 100 valence electrons. The lowest BCUT2D eigenvalue weighted by Crippen LogP contribution is -2.33. The minimum absolute atomic E-state index is 0.114. The third-order valence-corrected chi connectivity index (χ3v) is 3.78. The fraction of sp³-hybridized carbons (Fsp3) is 0.600. The van der Waals surface area contributed by atoms with E-state index in [4.69, 9.17) is 14.9 Å². The number of H-pyrrole nitrogens is 1. The largest absolute Gasteiger partial charge is 0.396 e. The van der Waals surface area contributed by atoms with Gasteiger partial charge in [0.25, 0.3) is 5.56 Å². The van der Waals surface area contributed by atoms with Gasteiger partial charge < -0.3 is 14.9 Å². The molecule has 1 saturated heterocycles. The Balaban J connectivity index is 2.31. The summed E-state index contributed by atoms with van der Waals surface area (Å²) in [5, 5.41) is 18.3. The Labute approximate surface area is 116 Å². The summed E-state index contributed by atoms with van der Waals surface area (Å²) in [6.45, 7) is -0.326. The molecule has 8 heteroatoms. The molecule has 0 saturated carbocycles. The molecular formula is C10H13IN2O5. The summed E-state index contributed by atoms with van der Waals surface area (Å²) in [5.41, 5.74) is -0.993. The van der Waals surface area contributed by atoms with Crippen molar-refractivity contribution in [2.75, 3.05) is 13.2 Å². The van der Waals surface area contributed by atoms with Gasteiger partial charge in [0.05, 0.1) is 16.3 Å². The molecule has 0 amide bonds. The first kappa shape index (κ1) is 13.7. The van der Waals surface area contributed by atoms with E-state index in [9.17, 15) is 9.59 Å². The molecule has 0 aliphatic carbocycles. The number of ether oxygens (including phenoxy) is 1. The van der Waals surface area contributed by atoms with Gasteiger partial charge in [0.15, 0.2) is 0 Å². The van der Waals surface area contributed by atoms with Crippen LogP contribution < -0.4 is 11.2 Å². The van der Waals surface area contributed by atoms with Crippen molar-refractivity contribution in [2.24, 2.45) is 5.92 Å². The number of aromatic amines is 1. The van der Waals surface area contributed by atoms with Crippen LogP contribution in [-0.4, -0.2) is 39.1 Å². The lowest BCUT2D eigenvalue weighted by Gasteiger charge is -2.14. The molecule has 1 aliphatic heterocycles. The van der Waals surface area contributed by atoms with Gasteiger partial charge in [0.1, 0.15) is 6.23 Å². The predicted molar refractivity (Wildman–Crippen MR) is 70.2 cm³/mol. The van der Waals surface area contributed by atoms with Gasteiger partial charge in [0, 0.05) is 25.1 Å². The minimum atomic E-state index is -0.572. The highest BCUT2D eigenvalue weighted by molar-refractivity contribution is 14.1. The number of halogens is 1. The van der Waals surface area contributed by atoms with Crippen LogP contribution in [0.3, 0.4) is 0 Å². The van der Waals surface area contributed by atoms with E-state index >= 15 is 0 Å². The number of hydrogen-bond donors (Lipinski definition) is 3. The van der Waals surface area contributed by atoms with Crippen LogP contribution in [-0.2, 0) is 4.74 Å².